The monoisotopic (exact) mass is 610 g/mol. The van der Waals surface area contributed by atoms with Crippen molar-refractivity contribution in [3.05, 3.63) is 163 Å². The zero-order chi connectivity index (χ0) is 32.0. The number of rotatable bonds is 5. The fourth-order valence-electron chi connectivity index (χ4n) is 6.16. The second-order valence-corrected chi connectivity index (χ2v) is 12.1. The lowest BCUT2D eigenvalue weighted by atomic mass is 9.87. The summed E-state index contributed by atoms with van der Waals surface area (Å²) in [5.74, 6) is 3.89. The predicted octanol–water partition coefficient (Wildman–Crippen LogP) is 9.48. The van der Waals surface area contributed by atoms with E-state index in [0.29, 0.717) is 46.2 Å². The van der Waals surface area contributed by atoms with Gasteiger partial charge in [-0.15, -0.1) is 0 Å². The van der Waals surface area contributed by atoms with Gasteiger partial charge in [-0.2, -0.15) is 0 Å². The first-order valence-electron chi connectivity index (χ1n) is 15.5. The van der Waals surface area contributed by atoms with E-state index in [1.54, 1.807) is 6.20 Å². The number of fused-ring (bicyclic) bond motifs is 2. The van der Waals surface area contributed by atoms with E-state index in [-0.39, 0.29) is 5.41 Å². The van der Waals surface area contributed by atoms with Crippen LogP contribution in [0.3, 0.4) is 0 Å². The molecule has 0 spiro atoms. The van der Waals surface area contributed by atoms with Gasteiger partial charge in [-0.05, 0) is 58.2 Å². The molecular weight excluding hydrogens is 580 g/mol. The molecule has 0 saturated carbocycles. The van der Waals surface area contributed by atoms with E-state index in [1.165, 1.54) is 11.1 Å². The largest absolute Gasteiger partial charge is 0.450 e. The van der Waals surface area contributed by atoms with Crippen molar-refractivity contribution in [3.63, 3.8) is 0 Å². The maximum absolute atomic E-state index is 6.38. The molecule has 0 bridgehead atoms. The van der Waals surface area contributed by atoms with Crippen LogP contribution in [0.1, 0.15) is 25.0 Å². The number of hydrogen-bond donors (Lipinski definition) is 0. The summed E-state index contributed by atoms with van der Waals surface area (Å²) in [6.07, 6.45) is 6.02. The van der Waals surface area contributed by atoms with Crippen LogP contribution < -0.4 is 9.47 Å². The van der Waals surface area contributed by atoms with Crippen molar-refractivity contribution < 1.29 is 9.47 Å². The van der Waals surface area contributed by atoms with Crippen molar-refractivity contribution in [1.29, 1.82) is 0 Å². The van der Waals surface area contributed by atoms with Gasteiger partial charge >= 0.3 is 0 Å². The van der Waals surface area contributed by atoms with Gasteiger partial charge in [0.1, 0.15) is 5.69 Å². The Hall–Kier alpha value is -6.14. The molecule has 0 amide bonds. The third-order valence-corrected chi connectivity index (χ3v) is 8.45. The predicted molar refractivity (Wildman–Crippen MR) is 185 cm³/mol. The maximum Gasteiger partial charge on any atom is 0.182 e. The minimum Gasteiger partial charge on any atom is -0.450 e. The first kappa shape index (κ1) is 28.3. The number of ether oxygens (including phenoxy) is 2. The van der Waals surface area contributed by atoms with Crippen LogP contribution in [0.25, 0.3) is 51.0 Å². The Labute approximate surface area is 273 Å². The van der Waals surface area contributed by atoms with Crippen LogP contribution in [0.4, 0.5) is 0 Å². The Kier molecular flexibility index (Phi) is 6.84. The normalized spacial score (nSPS) is 15.3. The van der Waals surface area contributed by atoms with Gasteiger partial charge < -0.3 is 9.47 Å². The molecule has 47 heavy (non-hydrogen) atoms. The van der Waals surface area contributed by atoms with Gasteiger partial charge in [0.2, 0.25) is 0 Å². The highest BCUT2D eigenvalue weighted by molar-refractivity contribution is 5.84. The van der Waals surface area contributed by atoms with Crippen molar-refractivity contribution in [2.24, 2.45) is 0 Å². The van der Waals surface area contributed by atoms with E-state index in [2.05, 4.69) is 61.8 Å². The third kappa shape index (κ3) is 5.30. The summed E-state index contributed by atoms with van der Waals surface area (Å²) in [5, 5.41) is 0. The van der Waals surface area contributed by atoms with E-state index in [9.17, 15) is 0 Å². The van der Waals surface area contributed by atoms with Crippen LogP contribution in [0.5, 0.6) is 11.5 Å². The van der Waals surface area contributed by atoms with Crippen molar-refractivity contribution in [2.75, 3.05) is 0 Å². The van der Waals surface area contributed by atoms with Crippen molar-refractivity contribution in [2.45, 2.75) is 19.3 Å². The lowest BCUT2D eigenvalue weighted by Crippen LogP contribution is -2.11. The molecule has 6 nitrogen and oxygen atoms in total. The van der Waals surface area contributed by atoms with Crippen molar-refractivity contribution >= 4 is 5.57 Å². The Balaban J connectivity index is 1.17. The van der Waals surface area contributed by atoms with Crippen LogP contribution in [-0.2, 0) is 5.41 Å². The Morgan fingerprint density at radius 1 is 0.617 bits per heavy atom. The summed E-state index contributed by atoms with van der Waals surface area (Å²) < 4.78 is 12.7. The summed E-state index contributed by atoms with van der Waals surface area (Å²) in [4.78, 5) is 19.1. The van der Waals surface area contributed by atoms with E-state index < -0.39 is 0 Å². The molecule has 0 N–H and O–H groups in total. The van der Waals surface area contributed by atoms with Gasteiger partial charge in [-0.25, -0.2) is 15.0 Å². The number of hydrogen-bond acceptors (Lipinski definition) is 6. The molecule has 6 heteroatoms. The van der Waals surface area contributed by atoms with Crippen molar-refractivity contribution in [3.8, 4) is 56.9 Å². The number of nitrogens with zero attached hydrogens (tertiary/aromatic N) is 4. The fraction of sp³-hybridized carbons (Fsp3) is 0.0732. The zero-order valence-corrected chi connectivity index (χ0v) is 26.0. The molecule has 0 radical (unpaired) electrons. The quantitative estimate of drug-likeness (QED) is 0.194. The summed E-state index contributed by atoms with van der Waals surface area (Å²) >= 11 is 0. The second-order valence-electron chi connectivity index (χ2n) is 12.1. The summed E-state index contributed by atoms with van der Waals surface area (Å²) in [6, 6.07) is 38.1. The number of benzene rings is 4. The average Bonchev–Trinajstić information content (AvgIpc) is 3.38. The van der Waals surface area contributed by atoms with E-state index in [1.807, 2.05) is 91.0 Å². The molecule has 2 aliphatic rings. The molecule has 0 unspecified atom stereocenters. The molecule has 2 aromatic heterocycles. The van der Waals surface area contributed by atoms with Gasteiger partial charge in [-0.1, -0.05) is 117 Å². The molecule has 0 fully saturated rings. The minimum atomic E-state index is -0.0706. The summed E-state index contributed by atoms with van der Waals surface area (Å²) in [5.41, 5.74) is 7.81. The molecule has 0 atom stereocenters. The van der Waals surface area contributed by atoms with Gasteiger partial charge in [0.05, 0.1) is 0 Å². The highest BCUT2D eigenvalue weighted by atomic mass is 16.6. The summed E-state index contributed by atoms with van der Waals surface area (Å²) in [7, 11) is 0. The molecular formula is C41H30N4O2. The standard InChI is InChI=1S/C41H30N4O2/c1-26-36(24-29-25-41(2,3)33-18-10-9-16-31(29)33)47-35-21-20-28(23-37(35)46-26)30-15-7-8-17-32(30)39-43-38(27-13-5-4-6-14-27)44-40(45-39)34-19-11-12-22-42-34/h4-25H,1H2,2-3H3/b36-24+. The lowest BCUT2D eigenvalue weighted by Gasteiger charge is -2.23. The molecule has 6 aromatic rings. The van der Waals surface area contributed by atoms with Gasteiger partial charge in [0.15, 0.2) is 40.5 Å². The molecule has 0 saturated heterocycles. The number of aromatic nitrogens is 4. The van der Waals surface area contributed by atoms with Gasteiger partial charge in [0, 0.05) is 22.7 Å². The highest BCUT2D eigenvalue weighted by Gasteiger charge is 2.30. The topological polar surface area (TPSA) is 70.0 Å². The van der Waals surface area contributed by atoms with Gasteiger partial charge in [0.25, 0.3) is 0 Å². The molecule has 3 heterocycles. The van der Waals surface area contributed by atoms with Crippen LogP contribution >= 0.6 is 0 Å². The smallest absolute Gasteiger partial charge is 0.182 e. The van der Waals surface area contributed by atoms with Crippen LogP contribution in [0, 0.1) is 0 Å². The first-order valence-corrected chi connectivity index (χ1v) is 15.5. The Morgan fingerprint density at radius 2 is 1.32 bits per heavy atom. The molecule has 1 aliphatic heterocycles. The number of pyridine rings is 1. The first-order chi connectivity index (χ1) is 22.9. The molecule has 1 aliphatic carbocycles. The van der Waals surface area contributed by atoms with E-state index in [4.69, 9.17) is 24.4 Å². The third-order valence-electron chi connectivity index (χ3n) is 8.45. The lowest BCUT2D eigenvalue weighted by molar-refractivity contribution is 0.296. The SMILES string of the molecule is C=C1Oc2cc(-c3ccccc3-c3nc(-c4ccccc4)nc(-c4ccccn4)n3)ccc2O/C1=C/C1=CC(C)(C)c2ccccc21. The molecule has 226 valence electrons. The van der Waals surface area contributed by atoms with Crippen LogP contribution in [0.2, 0.25) is 0 Å². The molecule has 4 aromatic carbocycles. The van der Waals surface area contributed by atoms with Gasteiger partial charge in [-0.3, -0.25) is 4.98 Å². The summed E-state index contributed by atoms with van der Waals surface area (Å²) in [6.45, 7) is 8.64. The molecule has 8 rings (SSSR count). The zero-order valence-electron chi connectivity index (χ0n) is 26.0. The second kappa shape index (κ2) is 11.3. The highest BCUT2D eigenvalue weighted by Crippen LogP contribution is 2.44. The van der Waals surface area contributed by atoms with Crippen molar-refractivity contribution in [1.82, 2.24) is 19.9 Å². The minimum absolute atomic E-state index is 0.0706. The fourth-order valence-corrected chi connectivity index (χ4v) is 6.16. The number of allylic oxidation sites excluding steroid dienone is 3. The van der Waals surface area contributed by atoms with E-state index in [0.717, 1.165) is 27.8 Å². The van der Waals surface area contributed by atoms with E-state index >= 15 is 0 Å². The van der Waals surface area contributed by atoms with Crippen LogP contribution in [0.15, 0.2) is 152 Å². The Morgan fingerprint density at radius 3 is 2.13 bits per heavy atom. The maximum atomic E-state index is 6.38. The van der Waals surface area contributed by atoms with Crippen LogP contribution in [-0.4, -0.2) is 19.9 Å². The Bertz CT molecular complexity index is 2180. The average molecular weight is 611 g/mol.